The molecule has 0 fully saturated rings. The quantitative estimate of drug-likeness (QED) is 0.448. The molecule has 0 atom stereocenters. The van der Waals surface area contributed by atoms with E-state index in [4.69, 9.17) is 5.73 Å². The molecular weight excluding hydrogens is 313 g/mol. The van der Waals surface area contributed by atoms with Gasteiger partial charge in [-0.1, -0.05) is 6.08 Å². The summed E-state index contributed by atoms with van der Waals surface area (Å²) in [5, 5.41) is 0. The van der Waals surface area contributed by atoms with Crippen molar-refractivity contribution in [1.82, 2.24) is 0 Å². The molecule has 0 unspecified atom stereocenters. The van der Waals surface area contributed by atoms with Gasteiger partial charge >= 0.3 is 92.4 Å². The summed E-state index contributed by atoms with van der Waals surface area (Å²) in [7, 11) is 0. The van der Waals surface area contributed by atoms with Crippen LogP contribution in [0.15, 0.2) is 12.7 Å². The van der Waals surface area contributed by atoms with Crippen LogP contribution >= 0.6 is 0 Å². The van der Waals surface area contributed by atoms with E-state index in [1.165, 1.54) is 38.5 Å². The molecular formula is C15H35NSn. The van der Waals surface area contributed by atoms with Crippen molar-refractivity contribution in [2.75, 3.05) is 6.54 Å². The second-order valence-electron chi connectivity index (χ2n) is 4.82. The number of rotatable bonds is 10. The molecule has 0 heterocycles. The van der Waals surface area contributed by atoms with Crippen LogP contribution in [-0.2, 0) is 0 Å². The van der Waals surface area contributed by atoms with E-state index in [9.17, 15) is 0 Å². The van der Waals surface area contributed by atoms with Gasteiger partial charge in [-0.2, -0.15) is 0 Å². The van der Waals surface area contributed by atoms with Crippen molar-refractivity contribution in [3.8, 4) is 0 Å². The standard InChI is InChI=1S/3C4H9.C3H7N.Sn.H/c3*1-3-4-2;1-2-3-4;;/h3*1,3-4H2,2H3;2H,1,3-4H2;;. The molecule has 0 aromatic carbocycles. The van der Waals surface area contributed by atoms with Gasteiger partial charge in [0, 0.05) is 6.54 Å². The van der Waals surface area contributed by atoms with Gasteiger partial charge in [0.05, 0.1) is 0 Å². The van der Waals surface area contributed by atoms with Crippen LogP contribution in [0, 0.1) is 0 Å². The molecule has 0 saturated carbocycles. The number of unbranched alkanes of at least 4 members (excludes halogenated alkanes) is 3. The molecule has 0 radical (unpaired) electrons. The van der Waals surface area contributed by atoms with E-state index in [-0.39, 0.29) is 0 Å². The van der Waals surface area contributed by atoms with Gasteiger partial charge < -0.3 is 5.73 Å². The molecule has 0 bridgehead atoms. The summed E-state index contributed by atoms with van der Waals surface area (Å²) < 4.78 is 5.08. The summed E-state index contributed by atoms with van der Waals surface area (Å²) in [6, 6.07) is 0. The monoisotopic (exact) mass is 349 g/mol. The van der Waals surface area contributed by atoms with E-state index in [0.29, 0.717) is 6.54 Å². The molecule has 104 valence electrons. The average Bonchev–Trinajstić information content (AvgIpc) is 2.38. The molecule has 1 nitrogen and oxygen atoms in total. The fraction of sp³-hybridized carbons (Fsp3) is 0.867. The zero-order chi connectivity index (χ0) is 13.4. The van der Waals surface area contributed by atoms with E-state index in [2.05, 4.69) is 27.4 Å². The van der Waals surface area contributed by atoms with Crippen LogP contribution in [-0.4, -0.2) is 26.3 Å². The minimum absolute atomic E-state index is 0.583. The number of nitrogens with two attached hydrogens (primary N) is 1. The topological polar surface area (TPSA) is 26.0 Å². The molecule has 0 aliphatic heterocycles. The summed E-state index contributed by atoms with van der Waals surface area (Å²) >= 11 is -0.967. The van der Waals surface area contributed by atoms with Crippen LogP contribution in [0.2, 0.25) is 13.3 Å². The van der Waals surface area contributed by atoms with Crippen LogP contribution in [0.1, 0.15) is 59.3 Å². The molecule has 2 heteroatoms. The van der Waals surface area contributed by atoms with E-state index in [1.54, 1.807) is 19.4 Å². The average molecular weight is 348 g/mol. The van der Waals surface area contributed by atoms with Crippen molar-refractivity contribution in [2.24, 2.45) is 5.73 Å². The first kappa shape index (κ1) is 19.8. The van der Waals surface area contributed by atoms with Gasteiger partial charge in [0.1, 0.15) is 0 Å². The molecule has 17 heavy (non-hydrogen) atoms. The van der Waals surface area contributed by atoms with Crippen LogP contribution in [0.4, 0.5) is 0 Å². The minimum atomic E-state index is -0.967. The molecule has 0 spiro atoms. The third kappa shape index (κ3) is 19.0. The zero-order valence-corrected chi connectivity index (χ0v) is 15.8. The number of hydrogen-bond acceptors (Lipinski definition) is 1. The molecule has 0 rings (SSSR count). The van der Waals surface area contributed by atoms with E-state index < -0.39 is 19.8 Å². The second-order valence-corrected chi connectivity index (χ2v) is 14.7. The van der Waals surface area contributed by atoms with Gasteiger partial charge in [-0.25, -0.2) is 0 Å². The van der Waals surface area contributed by atoms with Gasteiger partial charge in [0.25, 0.3) is 0 Å². The first-order chi connectivity index (χ1) is 8.26. The van der Waals surface area contributed by atoms with E-state index in [0.717, 1.165) is 0 Å². The Hall–Kier alpha value is 0.499. The zero-order valence-electron chi connectivity index (χ0n) is 12.5. The molecule has 0 amide bonds. The predicted octanol–water partition coefficient (Wildman–Crippen LogP) is 4.74. The predicted molar refractivity (Wildman–Crippen MR) is 85.5 cm³/mol. The van der Waals surface area contributed by atoms with Crippen molar-refractivity contribution in [3.05, 3.63) is 12.7 Å². The molecule has 0 aromatic rings. The van der Waals surface area contributed by atoms with Crippen molar-refractivity contribution in [2.45, 2.75) is 72.6 Å². The Bertz CT molecular complexity index is 118. The Morgan fingerprint density at radius 1 is 0.882 bits per heavy atom. The van der Waals surface area contributed by atoms with Gasteiger partial charge in [0.2, 0.25) is 0 Å². The van der Waals surface area contributed by atoms with Gasteiger partial charge in [-0.15, -0.1) is 6.58 Å². The number of hydrogen-bond donors (Lipinski definition) is 1. The maximum absolute atomic E-state index is 4.91. The summed E-state index contributed by atoms with van der Waals surface area (Å²) in [5.41, 5.74) is 4.91. The van der Waals surface area contributed by atoms with Crippen LogP contribution < -0.4 is 5.73 Å². The third-order valence-electron chi connectivity index (χ3n) is 3.06. The van der Waals surface area contributed by atoms with Crippen LogP contribution in [0.5, 0.6) is 0 Å². The summed E-state index contributed by atoms with van der Waals surface area (Å²) in [6.07, 6.45) is 10.5. The van der Waals surface area contributed by atoms with Crippen molar-refractivity contribution >= 4 is 19.8 Å². The molecule has 0 aliphatic rings. The Kier molecular flexibility index (Phi) is 22.0. The Labute approximate surface area is 117 Å². The molecule has 0 aliphatic carbocycles. The summed E-state index contributed by atoms with van der Waals surface area (Å²) in [4.78, 5) is 0. The van der Waals surface area contributed by atoms with Crippen LogP contribution in [0.3, 0.4) is 0 Å². The summed E-state index contributed by atoms with van der Waals surface area (Å²) in [5.74, 6) is 0. The van der Waals surface area contributed by atoms with Gasteiger partial charge in [-0.3, -0.25) is 0 Å². The van der Waals surface area contributed by atoms with E-state index in [1.807, 2.05) is 0 Å². The summed E-state index contributed by atoms with van der Waals surface area (Å²) in [6.45, 7) is 10.9. The second kappa shape index (κ2) is 18.9. The van der Waals surface area contributed by atoms with E-state index >= 15 is 0 Å². The van der Waals surface area contributed by atoms with Crippen molar-refractivity contribution in [1.29, 1.82) is 0 Å². The first-order valence-corrected chi connectivity index (χ1v) is 14.6. The Morgan fingerprint density at radius 2 is 1.18 bits per heavy atom. The van der Waals surface area contributed by atoms with Gasteiger partial charge in [-0.05, 0) is 0 Å². The Balaban J connectivity index is 0. The third-order valence-corrected chi connectivity index (χ3v) is 13.6. The molecule has 0 aromatic heterocycles. The molecule has 2 N–H and O–H groups in total. The van der Waals surface area contributed by atoms with Crippen LogP contribution in [0.25, 0.3) is 0 Å². The van der Waals surface area contributed by atoms with Crippen molar-refractivity contribution in [3.63, 3.8) is 0 Å². The van der Waals surface area contributed by atoms with Crippen molar-refractivity contribution < 1.29 is 0 Å². The Morgan fingerprint density at radius 3 is 1.35 bits per heavy atom. The first-order valence-electron chi connectivity index (χ1n) is 7.57. The molecule has 0 saturated heterocycles. The maximum atomic E-state index is 4.91. The van der Waals surface area contributed by atoms with Gasteiger partial charge in [0.15, 0.2) is 0 Å². The fourth-order valence-corrected chi connectivity index (χ4v) is 12.8. The fourth-order valence-electron chi connectivity index (χ4n) is 1.91. The SMILES string of the molecule is C=CCN.CCC[CH2][SnH]([CH2]CCC)[CH2]CCC. The normalized spacial score (nSPS) is 9.94.